The first-order valence-corrected chi connectivity index (χ1v) is 9.01. The molecule has 3 rings (SSSR count). The van der Waals surface area contributed by atoms with E-state index in [4.69, 9.17) is 0 Å². The third kappa shape index (κ3) is 3.18. The van der Waals surface area contributed by atoms with E-state index in [1.54, 1.807) is 6.92 Å². The molecule has 2 heterocycles. The van der Waals surface area contributed by atoms with Gasteiger partial charge in [0.2, 0.25) is 5.91 Å². The summed E-state index contributed by atoms with van der Waals surface area (Å²) in [4.78, 5) is 13.6. The molecule has 0 unspecified atom stereocenters. The minimum absolute atomic E-state index is 0.209. The number of amides is 1. The highest BCUT2D eigenvalue weighted by molar-refractivity contribution is 7.17. The van der Waals surface area contributed by atoms with Crippen molar-refractivity contribution in [1.29, 1.82) is 0 Å². The Bertz CT molecular complexity index is 651. The summed E-state index contributed by atoms with van der Waals surface area (Å²) >= 11 is 1.82. The second-order valence-electron chi connectivity index (χ2n) is 6.17. The molecule has 0 radical (unpaired) electrons. The quantitative estimate of drug-likeness (QED) is 0.934. The number of piperidine rings is 1. The minimum Gasteiger partial charge on any atom is -0.343 e. The van der Waals surface area contributed by atoms with E-state index in [-0.39, 0.29) is 5.91 Å². The average molecular weight is 316 g/mol. The zero-order valence-corrected chi connectivity index (χ0v) is 14.2. The average Bonchev–Trinajstić information content (AvgIpc) is 2.96. The van der Waals surface area contributed by atoms with Crippen LogP contribution in [0.3, 0.4) is 0 Å². The van der Waals surface area contributed by atoms with Gasteiger partial charge in [-0.3, -0.25) is 4.79 Å². The molecule has 0 saturated carbocycles. The molecule has 0 bridgehead atoms. The van der Waals surface area contributed by atoms with Gasteiger partial charge < -0.3 is 10.2 Å². The third-order valence-corrected chi connectivity index (χ3v) is 5.83. The molecule has 22 heavy (non-hydrogen) atoms. The summed E-state index contributed by atoms with van der Waals surface area (Å²) in [6.07, 6.45) is 2.17. The van der Waals surface area contributed by atoms with Crippen molar-refractivity contribution in [2.75, 3.05) is 13.1 Å². The number of hydrogen-bond donors (Lipinski definition) is 1. The highest BCUT2D eigenvalue weighted by atomic mass is 32.1. The number of carbonyl (C=O) groups excluding carboxylic acids is 1. The summed E-state index contributed by atoms with van der Waals surface area (Å²) in [5.41, 5.74) is 1.39. The fraction of sp³-hybridized carbons (Fsp3) is 0.500. The second kappa shape index (κ2) is 6.80. The first-order chi connectivity index (χ1) is 10.7. The molecule has 1 aromatic carbocycles. The molecule has 1 N–H and O–H groups in total. The Morgan fingerprint density at radius 2 is 2.23 bits per heavy atom. The van der Waals surface area contributed by atoms with Gasteiger partial charge in [0.1, 0.15) is 0 Å². The van der Waals surface area contributed by atoms with Gasteiger partial charge in [-0.25, -0.2) is 0 Å². The predicted molar refractivity (Wildman–Crippen MR) is 93.1 cm³/mol. The molecule has 1 saturated heterocycles. The van der Waals surface area contributed by atoms with E-state index >= 15 is 0 Å². The van der Waals surface area contributed by atoms with Crippen LogP contribution in [-0.4, -0.2) is 29.9 Å². The minimum atomic E-state index is 0.209. The Morgan fingerprint density at radius 3 is 3.00 bits per heavy atom. The van der Waals surface area contributed by atoms with Gasteiger partial charge in [0.15, 0.2) is 0 Å². The normalized spacial score (nSPS) is 22.2. The van der Waals surface area contributed by atoms with E-state index in [0.29, 0.717) is 12.0 Å². The summed E-state index contributed by atoms with van der Waals surface area (Å²) in [5, 5.41) is 7.38. The maximum Gasteiger partial charge on any atom is 0.219 e. The lowest BCUT2D eigenvalue weighted by Gasteiger charge is -2.38. The smallest absolute Gasteiger partial charge is 0.219 e. The highest BCUT2D eigenvalue weighted by Crippen LogP contribution is 2.26. The molecule has 1 aromatic heterocycles. The number of fused-ring (bicyclic) bond motifs is 1. The van der Waals surface area contributed by atoms with Crippen LogP contribution in [0.25, 0.3) is 10.1 Å². The number of nitrogens with zero attached hydrogens (tertiary/aromatic N) is 1. The topological polar surface area (TPSA) is 32.3 Å². The molecule has 0 aliphatic carbocycles. The standard InChI is InChI=1S/C18H24N2OS/c1-3-14-11-20(13(2)21)9-8-17(14)19-10-15-12-22-18-7-5-4-6-16(15)18/h4-7,12,14,17,19H,3,8-11H2,1-2H3/t14-,17+/m1/s1. The number of carbonyl (C=O) groups is 1. The van der Waals surface area contributed by atoms with Crippen molar-refractivity contribution in [3.05, 3.63) is 35.2 Å². The first-order valence-electron chi connectivity index (χ1n) is 8.13. The van der Waals surface area contributed by atoms with Gasteiger partial charge in [-0.15, -0.1) is 11.3 Å². The third-order valence-electron chi connectivity index (χ3n) is 4.82. The van der Waals surface area contributed by atoms with Crippen LogP contribution in [-0.2, 0) is 11.3 Å². The zero-order chi connectivity index (χ0) is 15.5. The number of likely N-dealkylation sites (tertiary alicyclic amines) is 1. The molecule has 2 aromatic rings. The van der Waals surface area contributed by atoms with Crippen molar-refractivity contribution in [1.82, 2.24) is 10.2 Å². The predicted octanol–water partition coefficient (Wildman–Crippen LogP) is 3.64. The van der Waals surface area contributed by atoms with Crippen molar-refractivity contribution < 1.29 is 4.79 Å². The Kier molecular flexibility index (Phi) is 4.79. The molecular weight excluding hydrogens is 292 g/mol. The molecule has 3 nitrogen and oxygen atoms in total. The van der Waals surface area contributed by atoms with Crippen molar-refractivity contribution in [2.45, 2.75) is 39.3 Å². The molecule has 2 atom stereocenters. The summed E-state index contributed by atoms with van der Waals surface area (Å²) < 4.78 is 1.36. The van der Waals surface area contributed by atoms with Crippen LogP contribution in [0.1, 0.15) is 32.3 Å². The molecule has 118 valence electrons. The van der Waals surface area contributed by atoms with E-state index in [1.165, 1.54) is 15.6 Å². The molecule has 0 spiro atoms. The number of benzene rings is 1. The van der Waals surface area contributed by atoms with Crippen LogP contribution in [0.4, 0.5) is 0 Å². The van der Waals surface area contributed by atoms with Gasteiger partial charge in [-0.2, -0.15) is 0 Å². The van der Waals surface area contributed by atoms with E-state index < -0.39 is 0 Å². The van der Waals surface area contributed by atoms with Crippen molar-refractivity contribution in [3.63, 3.8) is 0 Å². The number of thiophene rings is 1. The van der Waals surface area contributed by atoms with E-state index in [9.17, 15) is 4.79 Å². The van der Waals surface area contributed by atoms with Gasteiger partial charge in [0, 0.05) is 37.3 Å². The van der Waals surface area contributed by atoms with Crippen molar-refractivity contribution in [3.8, 4) is 0 Å². The van der Waals surface area contributed by atoms with Gasteiger partial charge in [-0.1, -0.05) is 31.5 Å². The van der Waals surface area contributed by atoms with Gasteiger partial charge in [0.05, 0.1) is 0 Å². The van der Waals surface area contributed by atoms with Crippen molar-refractivity contribution >= 4 is 27.3 Å². The Morgan fingerprint density at radius 1 is 1.41 bits per heavy atom. The van der Waals surface area contributed by atoms with Crippen LogP contribution >= 0.6 is 11.3 Å². The zero-order valence-electron chi connectivity index (χ0n) is 13.3. The largest absolute Gasteiger partial charge is 0.343 e. The summed E-state index contributed by atoms with van der Waals surface area (Å²) in [7, 11) is 0. The maximum atomic E-state index is 11.6. The number of hydrogen-bond acceptors (Lipinski definition) is 3. The lowest BCUT2D eigenvalue weighted by atomic mass is 9.89. The lowest BCUT2D eigenvalue weighted by Crippen LogP contribution is -2.50. The van der Waals surface area contributed by atoms with E-state index in [0.717, 1.165) is 32.5 Å². The molecular formula is C18H24N2OS. The van der Waals surface area contributed by atoms with E-state index in [1.807, 2.05) is 16.2 Å². The summed E-state index contributed by atoms with van der Waals surface area (Å²) in [5.74, 6) is 0.767. The number of rotatable bonds is 4. The van der Waals surface area contributed by atoms with Gasteiger partial charge in [-0.05, 0) is 34.7 Å². The van der Waals surface area contributed by atoms with Gasteiger partial charge in [0.25, 0.3) is 0 Å². The Labute approximate surface area is 136 Å². The first kappa shape index (κ1) is 15.5. The maximum absolute atomic E-state index is 11.6. The Hall–Kier alpha value is -1.39. The fourth-order valence-corrected chi connectivity index (χ4v) is 4.37. The second-order valence-corrected chi connectivity index (χ2v) is 7.08. The highest BCUT2D eigenvalue weighted by Gasteiger charge is 2.28. The molecule has 1 aliphatic heterocycles. The Balaban J connectivity index is 1.64. The monoisotopic (exact) mass is 316 g/mol. The summed E-state index contributed by atoms with van der Waals surface area (Å²) in [6, 6.07) is 9.11. The SMILES string of the molecule is CC[C@@H]1CN(C(C)=O)CC[C@@H]1NCc1csc2ccccc12. The molecule has 1 amide bonds. The van der Waals surface area contributed by atoms with Crippen LogP contribution in [0.5, 0.6) is 0 Å². The number of nitrogens with one attached hydrogen (secondary N) is 1. The van der Waals surface area contributed by atoms with Crippen LogP contribution in [0, 0.1) is 5.92 Å². The fourth-order valence-electron chi connectivity index (χ4n) is 3.41. The summed E-state index contributed by atoms with van der Waals surface area (Å²) in [6.45, 7) is 6.61. The van der Waals surface area contributed by atoms with E-state index in [2.05, 4.69) is 41.9 Å². The van der Waals surface area contributed by atoms with Crippen LogP contribution < -0.4 is 5.32 Å². The van der Waals surface area contributed by atoms with Gasteiger partial charge >= 0.3 is 0 Å². The van der Waals surface area contributed by atoms with Crippen LogP contribution in [0.15, 0.2) is 29.6 Å². The molecule has 1 fully saturated rings. The molecule has 1 aliphatic rings. The van der Waals surface area contributed by atoms with Crippen molar-refractivity contribution in [2.24, 2.45) is 5.92 Å². The lowest BCUT2D eigenvalue weighted by molar-refractivity contribution is -0.131. The molecule has 4 heteroatoms. The van der Waals surface area contributed by atoms with Crippen LogP contribution in [0.2, 0.25) is 0 Å².